The van der Waals surface area contributed by atoms with Crippen LogP contribution in [0, 0.1) is 0 Å². The second-order valence-electron chi connectivity index (χ2n) is 7.34. The van der Waals surface area contributed by atoms with Crippen molar-refractivity contribution in [1.29, 1.82) is 0 Å². The van der Waals surface area contributed by atoms with Crippen molar-refractivity contribution in [2.45, 2.75) is 44.4 Å². The smallest absolute Gasteiger partial charge is 0.311 e. The van der Waals surface area contributed by atoms with Crippen LogP contribution >= 0.6 is 23.2 Å². The number of hydrogen-bond donors (Lipinski definition) is 0. The van der Waals surface area contributed by atoms with E-state index < -0.39 is 21.9 Å². The van der Waals surface area contributed by atoms with Crippen molar-refractivity contribution in [3.8, 4) is 5.75 Å². The number of rotatable bonds is 8. The molecule has 0 bridgehead atoms. The fraction of sp³-hybridized carbons (Fsp3) is 0.250. The fourth-order valence-corrected chi connectivity index (χ4v) is 5.19. The minimum absolute atomic E-state index is 0.00596. The molecule has 0 aliphatic carbocycles. The van der Waals surface area contributed by atoms with Gasteiger partial charge < -0.3 is 4.74 Å². The Morgan fingerprint density at radius 3 is 2.12 bits per heavy atom. The van der Waals surface area contributed by atoms with Crippen molar-refractivity contribution >= 4 is 61.6 Å². The SMILES string of the molecule is CCCC(=O)Oc1c(Cl)cc(N(C(=O)CCC)S(=O)(=O)c2ccc(Cl)cc2)c2ccccc12. The average Bonchev–Trinajstić information content (AvgIpc) is 2.77. The summed E-state index contributed by atoms with van der Waals surface area (Å²) < 4.78 is 33.4. The van der Waals surface area contributed by atoms with Crippen molar-refractivity contribution in [3.63, 3.8) is 0 Å². The lowest BCUT2D eigenvalue weighted by Crippen LogP contribution is -2.37. The lowest BCUT2D eigenvalue weighted by atomic mass is 10.1. The summed E-state index contributed by atoms with van der Waals surface area (Å²) in [6.45, 7) is 3.63. The van der Waals surface area contributed by atoms with Crippen LogP contribution in [0.4, 0.5) is 5.69 Å². The Morgan fingerprint density at radius 1 is 0.909 bits per heavy atom. The molecule has 0 heterocycles. The van der Waals surface area contributed by atoms with Gasteiger partial charge in [0.15, 0.2) is 5.75 Å². The zero-order chi connectivity index (χ0) is 24.2. The summed E-state index contributed by atoms with van der Waals surface area (Å²) in [6.07, 6.45) is 1.26. The van der Waals surface area contributed by atoms with Crippen molar-refractivity contribution in [2.75, 3.05) is 4.31 Å². The second kappa shape index (κ2) is 10.5. The van der Waals surface area contributed by atoms with E-state index in [9.17, 15) is 18.0 Å². The molecule has 0 saturated carbocycles. The van der Waals surface area contributed by atoms with Crippen LogP contribution in [0.25, 0.3) is 10.8 Å². The van der Waals surface area contributed by atoms with Gasteiger partial charge in [-0.25, -0.2) is 12.7 Å². The highest BCUT2D eigenvalue weighted by Crippen LogP contribution is 2.42. The molecule has 0 atom stereocenters. The molecule has 3 aromatic rings. The van der Waals surface area contributed by atoms with Gasteiger partial charge in [0.05, 0.1) is 15.6 Å². The minimum Gasteiger partial charge on any atom is -0.424 e. The highest BCUT2D eigenvalue weighted by Gasteiger charge is 2.33. The number of carbonyl (C=O) groups is 2. The molecule has 3 aromatic carbocycles. The molecule has 0 N–H and O–H groups in total. The number of ether oxygens (including phenoxy) is 1. The monoisotopic (exact) mass is 507 g/mol. The molecule has 0 radical (unpaired) electrons. The van der Waals surface area contributed by atoms with Gasteiger partial charge >= 0.3 is 5.97 Å². The maximum absolute atomic E-state index is 13.6. The number of anilines is 1. The van der Waals surface area contributed by atoms with E-state index in [4.69, 9.17) is 27.9 Å². The number of halogens is 2. The molecule has 174 valence electrons. The minimum atomic E-state index is -4.29. The zero-order valence-electron chi connectivity index (χ0n) is 18.2. The van der Waals surface area contributed by atoms with E-state index in [0.717, 1.165) is 4.31 Å². The Balaban J connectivity index is 2.26. The number of hydrogen-bond acceptors (Lipinski definition) is 5. The molecule has 3 rings (SSSR count). The highest BCUT2D eigenvalue weighted by molar-refractivity contribution is 7.93. The Kier molecular flexibility index (Phi) is 8.00. The molecular weight excluding hydrogens is 485 g/mol. The molecule has 0 unspecified atom stereocenters. The molecular formula is C24H23Cl2NO5S. The molecule has 0 saturated heterocycles. The van der Waals surface area contributed by atoms with Gasteiger partial charge in [0.1, 0.15) is 0 Å². The second-order valence-corrected chi connectivity index (χ2v) is 9.97. The molecule has 0 spiro atoms. The first-order valence-corrected chi connectivity index (χ1v) is 12.7. The molecule has 33 heavy (non-hydrogen) atoms. The van der Waals surface area contributed by atoms with Crippen LogP contribution in [-0.4, -0.2) is 20.3 Å². The van der Waals surface area contributed by atoms with Gasteiger partial charge in [-0.3, -0.25) is 9.59 Å². The number of carbonyl (C=O) groups excluding carboxylic acids is 2. The van der Waals surface area contributed by atoms with E-state index in [1.807, 2.05) is 6.92 Å². The molecule has 9 heteroatoms. The number of sulfonamides is 1. The predicted molar refractivity (Wildman–Crippen MR) is 131 cm³/mol. The third kappa shape index (κ3) is 5.32. The third-order valence-electron chi connectivity index (χ3n) is 4.86. The largest absolute Gasteiger partial charge is 0.424 e. The van der Waals surface area contributed by atoms with Gasteiger partial charge in [0.25, 0.3) is 10.0 Å². The standard InChI is InChI=1S/C24H23Cl2NO5S/c1-3-7-22(28)27(33(30,31)17-13-11-16(25)12-14-17)21-15-20(26)24(32-23(29)8-4-2)19-10-6-5-9-18(19)21/h5-6,9-15H,3-4,7-8H2,1-2H3. The van der Waals surface area contributed by atoms with Crippen molar-refractivity contribution in [1.82, 2.24) is 0 Å². The number of nitrogens with zero attached hydrogens (tertiary/aromatic N) is 1. The maximum atomic E-state index is 13.6. The van der Waals surface area contributed by atoms with Crippen LogP contribution in [0.1, 0.15) is 39.5 Å². The molecule has 0 aromatic heterocycles. The Labute approximate surface area is 203 Å². The lowest BCUT2D eigenvalue weighted by Gasteiger charge is -2.25. The van der Waals surface area contributed by atoms with Crippen LogP contribution < -0.4 is 9.04 Å². The van der Waals surface area contributed by atoms with Gasteiger partial charge in [0.2, 0.25) is 5.91 Å². The first kappa shape index (κ1) is 25.0. The van der Waals surface area contributed by atoms with E-state index >= 15 is 0 Å². The third-order valence-corrected chi connectivity index (χ3v) is 7.14. The van der Waals surface area contributed by atoms with Crippen LogP contribution in [0.2, 0.25) is 10.0 Å². The summed E-state index contributed by atoms with van der Waals surface area (Å²) in [6, 6.07) is 13.7. The number of fused-ring (bicyclic) bond motifs is 1. The molecule has 6 nitrogen and oxygen atoms in total. The van der Waals surface area contributed by atoms with Gasteiger partial charge in [-0.05, 0) is 43.2 Å². The van der Waals surface area contributed by atoms with Gasteiger partial charge in [0, 0.05) is 28.6 Å². The lowest BCUT2D eigenvalue weighted by molar-refractivity contribution is -0.134. The Hall–Kier alpha value is -2.61. The van der Waals surface area contributed by atoms with E-state index in [2.05, 4.69) is 0 Å². The fourth-order valence-electron chi connectivity index (χ4n) is 3.36. The van der Waals surface area contributed by atoms with Gasteiger partial charge in [-0.1, -0.05) is 61.3 Å². The Bertz CT molecular complexity index is 1290. The quantitative estimate of drug-likeness (QED) is 0.261. The van der Waals surface area contributed by atoms with Crippen LogP contribution in [0.3, 0.4) is 0 Å². The molecule has 1 amide bonds. The maximum Gasteiger partial charge on any atom is 0.311 e. The molecule has 0 fully saturated rings. The number of esters is 1. The molecule has 0 aliphatic heterocycles. The summed E-state index contributed by atoms with van der Waals surface area (Å²) >= 11 is 12.4. The van der Waals surface area contributed by atoms with Crippen LogP contribution in [0.5, 0.6) is 5.75 Å². The summed E-state index contributed by atoms with van der Waals surface area (Å²) in [5.74, 6) is -0.935. The topological polar surface area (TPSA) is 80.8 Å². The van der Waals surface area contributed by atoms with Crippen molar-refractivity contribution in [3.05, 3.63) is 64.6 Å². The zero-order valence-corrected chi connectivity index (χ0v) is 20.5. The van der Waals surface area contributed by atoms with Crippen LogP contribution in [0.15, 0.2) is 59.5 Å². The summed E-state index contributed by atoms with van der Waals surface area (Å²) in [4.78, 5) is 25.2. The summed E-state index contributed by atoms with van der Waals surface area (Å²) in [5, 5.41) is 1.22. The molecule has 0 aliphatic rings. The summed E-state index contributed by atoms with van der Waals surface area (Å²) in [5.41, 5.74) is 0.0827. The van der Waals surface area contributed by atoms with Crippen LogP contribution in [-0.2, 0) is 19.6 Å². The van der Waals surface area contributed by atoms with Gasteiger partial charge in [-0.15, -0.1) is 0 Å². The van der Waals surface area contributed by atoms with E-state index in [1.165, 1.54) is 30.3 Å². The van der Waals surface area contributed by atoms with E-state index in [0.29, 0.717) is 28.6 Å². The normalized spacial score (nSPS) is 11.4. The average molecular weight is 508 g/mol. The van der Waals surface area contributed by atoms with Gasteiger partial charge in [-0.2, -0.15) is 0 Å². The summed E-state index contributed by atoms with van der Waals surface area (Å²) in [7, 11) is -4.29. The predicted octanol–water partition coefficient (Wildman–Crippen LogP) is 6.37. The Morgan fingerprint density at radius 2 is 1.52 bits per heavy atom. The van der Waals surface area contributed by atoms with Crippen molar-refractivity contribution in [2.24, 2.45) is 0 Å². The number of amides is 1. The van der Waals surface area contributed by atoms with E-state index in [1.54, 1.807) is 31.2 Å². The van der Waals surface area contributed by atoms with E-state index in [-0.39, 0.29) is 34.2 Å². The number of benzene rings is 3. The van der Waals surface area contributed by atoms with Crippen molar-refractivity contribution < 1.29 is 22.7 Å². The first-order chi connectivity index (χ1) is 15.7. The first-order valence-electron chi connectivity index (χ1n) is 10.5. The highest BCUT2D eigenvalue weighted by atomic mass is 35.5.